The highest BCUT2D eigenvalue weighted by atomic mass is 16.5. The standard InChI is InChI=1S/C25H32N2O4/c1-3-4-5-6-19(28)13-22(29)16-7-9-20(17-8-10-25(26)27-15-17)21-14-23(30)24(31-2)12-18(21)11-16/h8,10-12,14-15,20,25,27,30H,3-7,9,13,26H2,1-2H3/t20-,25?/m1/s1. The molecule has 0 spiro atoms. The van der Waals surface area contributed by atoms with Gasteiger partial charge in [-0.05, 0) is 65.8 Å². The Hall–Kier alpha value is -2.86. The van der Waals surface area contributed by atoms with Crippen LogP contribution in [0.5, 0.6) is 11.5 Å². The van der Waals surface area contributed by atoms with E-state index in [2.05, 4.69) is 12.2 Å². The van der Waals surface area contributed by atoms with Crippen LogP contribution in [0.15, 0.2) is 41.6 Å². The molecule has 1 aliphatic heterocycles. The average Bonchev–Trinajstić information content (AvgIpc) is 2.93. The van der Waals surface area contributed by atoms with Crippen LogP contribution in [0.3, 0.4) is 0 Å². The molecule has 6 nitrogen and oxygen atoms in total. The predicted molar refractivity (Wildman–Crippen MR) is 122 cm³/mol. The fourth-order valence-corrected chi connectivity index (χ4v) is 4.15. The van der Waals surface area contributed by atoms with Crippen molar-refractivity contribution in [2.45, 2.75) is 64.0 Å². The molecule has 0 bridgehead atoms. The predicted octanol–water partition coefficient (Wildman–Crippen LogP) is 4.10. The van der Waals surface area contributed by atoms with E-state index in [1.807, 2.05) is 24.4 Å². The number of Topliss-reactive ketones (excluding diaryl/α,β-unsaturated/α-hetero) is 2. The quantitative estimate of drug-likeness (QED) is 0.408. The van der Waals surface area contributed by atoms with Crippen LogP contribution in [-0.2, 0) is 9.59 Å². The maximum Gasteiger partial charge on any atom is 0.166 e. The summed E-state index contributed by atoms with van der Waals surface area (Å²) in [4.78, 5) is 25.2. The molecule has 1 unspecified atom stereocenters. The van der Waals surface area contributed by atoms with E-state index in [0.717, 1.165) is 36.0 Å². The number of benzene rings is 1. The summed E-state index contributed by atoms with van der Waals surface area (Å²) in [6, 6.07) is 3.47. The zero-order valence-electron chi connectivity index (χ0n) is 18.3. The molecule has 0 saturated carbocycles. The van der Waals surface area contributed by atoms with E-state index in [1.165, 1.54) is 7.11 Å². The van der Waals surface area contributed by atoms with Crippen LogP contribution in [0, 0.1) is 0 Å². The first-order valence-electron chi connectivity index (χ1n) is 11.0. The van der Waals surface area contributed by atoms with Gasteiger partial charge in [0.2, 0.25) is 0 Å². The lowest BCUT2D eigenvalue weighted by atomic mass is 9.85. The summed E-state index contributed by atoms with van der Waals surface area (Å²) in [7, 11) is 1.50. The van der Waals surface area contributed by atoms with Gasteiger partial charge in [0.1, 0.15) is 5.78 Å². The number of hydrogen-bond donors (Lipinski definition) is 3. The van der Waals surface area contributed by atoms with Crippen LogP contribution in [0.4, 0.5) is 0 Å². The highest BCUT2D eigenvalue weighted by Gasteiger charge is 2.27. The van der Waals surface area contributed by atoms with Crippen molar-refractivity contribution in [3.05, 3.63) is 52.8 Å². The highest BCUT2D eigenvalue weighted by molar-refractivity contribution is 6.09. The second-order valence-electron chi connectivity index (χ2n) is 8.21. The van der Waals surface area contributed by atoms with Crippen molar-refractivity contribution < 1.29 is 19.4 Å². The number of rotatable bonds is 9. The zero-order valence-corrected chi connectivity index (χ0v) is 18.3. The normalized spacial score (nSPS) is 20.1. The summed E-state index contributed by atoms with van der Waals surface area (Å²) in [6.07, 6.45) is 11.9. The van der Waals surface area contributed by atoms with Crippen molar-refractivity contribution in [3.8, 4) is 11.5 Å². The van der Waals surface area contributed by atoms with Crippen LogP contribution < -0.4 is 15.8 Å². The monoisotopic (exact) mass is 424 g/mol. The van der Waals surface area contributed by atoms with Gasteiger partial charge in [0.25, 0.3) is 0 Å². The third-order valence-corrected chi connectivity index (χ3v) is 5.91. The SMILES string of the molecule is CCCCCC(=O)CC(=O)C1=Cc2cc(OC)c(O)cc2[C@@H](C2=CNC(N)C=C2)CC1. The largest absolute Gasteiger partial charge is 0.504 e. The van der Waals surface area contributed by atoms with E-state index in [4.69, 9.17) is 10.5 Å². The highest BCUT2D eigenvalue weighted by Crippen LogP contribution is 2.42. The number of ketones is 2. The average molecular weight is 425 g/mol. The van der Waals surface area contributed by atoms with Crippen molar-refractivity contribution in [2.24, 2.45) is 5.73 Å². The number of phenols is 1. The number of methoxy groups -OCH3 is 1. The van der Waals surface area contributed by atoms with Crippen LogP contribution >= 0.6 is 0 Å². The number of fused-ring (bicyclic) bond motifs is 1. The summed E-state index contributed by atoms with van der Waals surface area (Å²) >= 11 is 0. The molecule has 0 aromatic heterocycles. The first-order chi connectivity index (χ1) is 14.9. The maximum atomic E-state index is 12.9. The number of dihydropyridines is 1. The summed E-state index contributed by atoms with van der Waals surface area (Å²) < 4.78 is 5.29. The number of hydrogen-bond acceptors (Lipinski definition) is 6. The van der Waals surface area contributed by atoms with Gasteiger partial charge in [-0.15, -0.1) is 0 Å². The summed E-state index contributed by atoms with van der Waals surface area (Å²) in [5.41, 5.74) is 9.30. The molecule has 6 heteroatoms. The molecule has 0 fully saturated rings. The van der Waals surface area contributed by atoms with Crippen molar-refractivity contribution >= 4 is 17.6 Å². The van der Waals surface area contributed by atoms with Crippen LogP contribution in [0.1, 0.15) is 68.9 Å². The molecule has 1 aliphatic carbocycles. The minimum Gasteiger partial charge on any atom is -0.504 e. The van der Waals surface area contributed by atoms with Gasteiger partial charge in [0.05, 0.1) is 19.7 Å². The van der Waals surface area contributed by atoms with Gasteiger partial charge in [-0.25, -0.2) is 0 Å². The minimum absolute atomic E-state index is 0.000216. The molecular weight excluding hydrogens is 392 g/mol. The van der Waals surface area contributed by atoms with E-state index in [9.17, 15) is 14.7 Å². The lowest BCUT2D eigenvalue weighted by Crippen LogP contribution is -2.33. The number of allylic oxidation sites excluding steroid dienone is 3. The molecule has 0 radical (unpaired) electrons. The number of ether oxygens (including phenoxy) is 1. The molecular formula is C25H32N2O4. The van der Waals surface area contributed by atoms with E-state index >= 15 is 0 Å². The Bertz CT molecular complexity index is 930. The Labute approximate surface area is 183 Å². The summed E-state index contributed by atoms with van der Waals surface area (Å²) in [5.74, 6) is 0.273. The van der Waals surface area contributed by atoms with Gasteiger partial charge in [0.15, 0.2) is 17.3 Å². The zero-order chi connectivity index (χ0) is 22.4. The number of carbonyl (C=O) groups is 2. The Balaban J connectivity index is 1.88. The Morgan fingerprint density at radius 2 is 2.10 bits per heavy atom. The van der Waals surface area contributed by atoms with Gasteiger partial charge in [-0.2, -0.15) is 0 Å². The summed E-state index contributed by atoms with van der Waals surface area (Å²) in [6.45, 7) is 2.09. The van der Waals surface area contributed by atoms with Crippen LogP contribution in [0.25, 0.3) is 6.08 Å². The van der Waals surface area contributed by atoms with Crippen molar-refractivity contribution in [1.82, 2.24) is 5.32 Å². The lowest BCUT2D eigenvalue weighted by Gasteiger charge is -2.23. The maximum absolute atomic E-state index is 12.9. The van der Waals surface area contributed by atoms with Crippen molar-refractivity contribution in [2.75, 3.05) is 7.11 Å². The first kappa shape index (κ1) is 22.8. The number of nitrogens with two attached hydrogens (primary N) is 1. The third kappa shape index (κ3) is 5.64. The van der Waals surface area contributed by atoms with Gasteiger partial charge >= 0.3 is 0 Å². The molecule has 1 heterocycles. The molecule has 166 valence electrons. The molecule has 31 heavy (non-hydrogen) atoms. The molecule has 2 atom stereocenters. The van der Waals surface area contributed by atoms with Gasteiger partial charge < -0.3 is 20.9 Å². The fourth-order valence-electron chi connectivity index (χ4n) is 4.15. The van der Waals surface area contributed by atoms with E-state index in [-0.39, 0.29) is 35.8 Å². The molecule has 2 aliphatic rings. The third-order valence-electron chi connectivity index (χ3n) is 5.91. The van der Waals surface area contributed by atoms with E-state index < -0.39 is 0 Å². The smallest absolute Gasteiger partial charge is 0.166 e. The van der Waals surface area contributed by atoms with Gasteiger partial charge in [-0.3, -0.25) is 9.59 Å². The van der Waals surface area contributed by atoms with E-state index in [0.29, 0.717) is 30.6 Å². The van der Waals surface area contributed by atoms with Crippen molar-refractivity contribution in [1.29, 1.82) is 0 Å². The second kappa shape index (κ2) is 10.4. The summed E-state index contributed by atoms with van der Waals surface area (Å²) in [5, 5.41) is 13.5. The first-order valence-corrected chi connectivity index (χ1v) is 11.0. The topological polar surface area (TPSA) is 102 Å². The molecule has 0 amide bonds. The fraction of sp³-hybridized carbons (Fsp3) is 0.440. The van der Waals surface area contributed by atoms with Gasteiger partial charge in [0, 0.05) is 18.5 Å². The molecule has 1 aromatic carbocycles. The molecule has 4 N–H and O–H groups in total. The Kier molecular flexibility index (Phi) is 7.69. The molecule has 3 rings (SSSR count). The Morgan fingerprint density at radius 3 is 2.77 bits per heavy atom. The number of aromatic hydroxyl groups is 1. The van der Waals surface area contributed by atoms with Gasteiger partial charge in [-0.1, -0.05) is 25.8 Å². The second-order valence-corrected chi connectivity index (χ2v) is 8.21. The van der Waals surface area contributed by atoms with Crippen molar-refractivity contribution in [3.63, 3.8) is 0 Å². The molecule has 0 saturated heterocycles. The Morgan fingerprint density at radius 1 is 1.29 bits per heavy atom. The number of nitrogens with one attached hydrogen (secondary N) is 1. The number of carbonyl (C=O) groups excluding carboxylic acids is 2. The van der Waals surface area contributed by atoms with Crippen LogP contribution in [0.2, 0.25) is 0 Å². The number of phenolic OH excluding ortho intramolecular Hbond substituents is 1. The van der Waals surface area contributed by atoms with E-state index in [1.54, 1.807) is 12.1 Å². The van der Waals surface area contributed by atoms with Crippen LogP contribution in [-0.4, -0.2) is 29.9 Å². The molecule has 1 aromatic rings. The lowest BCUT2D eigenvalue weighted by molar-refractivity contribution is -0.125. The number of unbranched alkanes of at least 4 members (excludes halogenated alkanes) is 2. The minimum atomic E-state index is -0.229.